The lowest BCUT2D eigenvalue weighted by molar-refractivity contribution is -0.0905. The average molecular weight is 359 g/mol. The van der Waals surface area contributed by atoms with Crippen LogP contribution < -0.4 is 0 Å². The maximum atomic E-state index is 10.6. The summed E-state index contributed by atoms with van der Waals surface area (Å²) in [5, 5.41) is 20.4. The van der Waals surface area contributed by atoms with Gasteiger partial charge in [-0.1, -0.05) is 46.3 Å². The van der Waals surface area contributed by atoms with E-state index < -0.39 is 0 Å². The predicted molar refractivity (Wildman–Crippen MR) is 107 cm³/mol. The smallest absolute Gasteiger partial charge is 0.0594 e. The molecule has 0 radical (unpaired) electrons. The molecule has 0 bridgehead atoms. The second-order valence-corrected chi connectivity index (χ2v) is 10.9. The van der Waals surface area contributed by atoms with Gasteiger partial charge < -0.3 is 10.2 Å². The van der Waals surface area contributed by atoms with Gasteiger partial charge in [-0.05, 0) is 90.1 Å². The van der Waals surface area contributed by atoms with Crippen LogP contribution in [0.3, 0.4) is 0 Å². The van der Waals surface area contributed by atoms with Crippen molar-refractivity contribution in [3.63, 3.8) is 0 Å². The standard InChI is InChI=1S/C24H38O2/c1-15(14-25)17-7-8-18-16-6-9-20-22(2,3)21(26)11-13-24(20,5)19(16)10-12-23(17,18)4/h8,15,17,20-21,25-26H,6-7,9-14H2,1-5H3. The number of hydrogen-bond donors (Lipinski definition) is 2. The highest BCUT2D eigenvalue weighted by Crippen LogP contribution is 2.66. The van der Waals surface area contributed by atoms with Crippen molar-refractivity contribution in [1.29, 1.82) is 0 Å². The summed E-state index contributed by atoms with van der Waals surface area (Å²) >= 11 is 0. The molecule has 0 heterocycles. The quantitative estimate of drug-likeness (QED) is 0.707. The third-order valence-corrected chi connectivity index (χ3v) is 9.40. The van der Waals surface area contributed by atoms with Crippen LogP contribution in [-0.2, 0) is 0 Å². The second kappa shape index (κ2) is 5.95. The lowest BCUT2D eigenvalue weighted by Gasteiger charge is -2.59. The van der Waals surface area contributed by atoms with Gasteiger partial charge in [-0.25, -0.2) is 0 Å². The molecule has 0 amide bonds. The molecule has 26 heavy (non-hydrogen) atoms. The Morgan fingerprint density at radius 1 is 1.08 bits per heavy atom. The Kier molecular flexibility index (Phi) is 4.29. The molecule has 2 nitrogen and oxygen atoms in total. The summed E-state index contributed by atoms with van der Waals surface area (Å²) in [5.41, 5.74) is 5.58. The maximum absolute atomic E-state index is 10.6. The molecule has 1 fully saturated rings. The number of hydrogen-bond acceptors (Lipinski definition) is 2. The van der Waals surface area contributed by atoms with Gasteiger partial charge >= 0.3 is 0 Å². The Bertz CT molecular complexity index is 657. The molecule has 146 valence electrons. The van der Waals surface area contributed by atoms with E-state index in [1.807, 2.05) is 0 Å². The van der Waals surface area contributed by atoms with Gasteiger partial charge in [-0.2, -0.15) is 0 Å². The minimum absolute atomic E-state index is 0.0181. The van der Waals surface area contributed by atoms with Gasteiger partial charge in [-0.3, -0.25) is 0 Å². The van der Waals surface area contributed by atoms with E-state index >= 15 is 0 Å². The molecular formula is C24H38O2. The molecule has 4 aliphatic rings. The summed E-state index contributed by atoms with van der Waals surface area (Å²) in [5.74, 6) is 1.56. The van der Waals surface area contributed by atoms with Crippen LogP contribution in [0.4, 0.5) is 0 Å². The van der Waals surface area contributed by atoms with Crippen molar-refractivity contribution in [1.82, 2.24) is 0 Å². The fourth-order valence-electron chi connectivity index (χ4n) is 7.70. The van der Waals surface area contributed by atoms with Crippen molar-refractivity contribution in [3.05, 3.63) is 22.8 Å². The molecule has 6 atom stereocenters. The Morgan fingerprint density at radius 3 is 2.50 bits per heavy atom. The summed E-state index contributed by atoms with van der Waals surface area (Å²) in [4.78, 5) is 0. The Morgan fingerprint density at radius 2 is 1.81 bits per heavy atom. The zero-order valence-corrected chi connectivity index (χ0v) is 17.4. The van der Waals surface area contributed by atoms with Gasteiger partial charge in [0.25, 0.3) is 0 Å². The average Bonchev–Trinajstić information content (AvgIpc) is 2.95. The zero-order chi connectivity index (χ0) is 18.9. The van der Waals surface area contributed by atoms with E-state index in [4.69, 9.17) is 0 Å². The Hall–Kier alpha value is -0.600. The number of aliphatic hydroxyl groups excluding tert-OH is 2. The largest absolute Gasteiger partial charge is 0.396 e. The molecule has 2 heteroatoms. The van der Waals surface area contributed by atoms with E-state index in [2.05, 4.69) is 40.7 Å². The Labute approximate surface area is 159 Å². The molecule has 0 spiro atoms. The van der Waals surface area contributed by atoms with Crippen LogP contribution >= 0.6 is 0 Å². The number of rotatable bonds is 2. The molecule has 1 saturated carbocycles. The van der Waals surface area contributed by atoms with E-state index in [9.17, 15) is 10.2 Å². The third-order valence-electron chi connectivity index (χ3n) is 9.40. The topological polar surface area (TPSA) is 40.5 Å². The minimum atomic E-state index is -0.155. The van der Waals surface area contributed by atoms with E-state index in [0.717, 1.165) is 19.3 Å². The molecule has 0 aromatic rings. The monoisotopic (exact) mass is 358 g/mol. The highest BCUT2D eigenvalue weighted by molar-refractivity contribution is 5.49. The summed E-state index contributed by atoms with van der Waals surface area (Å²) in [7, 11) is 0. The van der Waals surface area contributed by atoms with Gasteiger partial charge in [0.15, 0.2) is 0 Å². The normalized spacial score (nSPS) is 45.5. The first-order valence-electron chi connectivity index (χ1n) is 10.9. The molecule has 0 aliphatic heterocycles. The van der Waals surface area contributed by atoms with Gasteiger partial charge in [0.05, 0.1) is 6.10 Å². The van der Waals surface area contributed by atoms with Crippen molar-refractivity contribution in [3.8, 4) is 0 Å². The summed E-state index contributed by atoms with van der Waals surface area (Å²) in [6, 6.07) is 0. The molecule has 6 unspecified atom stereocenters. The lowest BCUT2D eigenvalue weighted by atomic mass is 9.46. The van der Waals surface area contributed by atoms with Gasteiger partial charge in [0.2, 0.25) is 0 Å². The second-order valence-electron chi connectivity index (χ2n) is 10.9. The SMILES string of the molecule is CC(CO)C1CC=C2C3=C(CCC21C)C1(C)CCC(O)C(C)(C)C1CC3. The number of aliphatic hydroxyl groups is 2. The molecule has 4 rings (SSSR count). The zero-order valence-electron chi connectivity index (χ0n) is 17.4. The van der Waals surface area contributed by atoms with Crippen LogP contribution in [0.2, 0.25) is 0 Å². The van der Waals surface area contributed by atoms with Crippen LogP contribution in [0.1, 0.15) is 79.6 Å². The predicted octanol–water partition coefficient (Wildman–Crippen LogP) is 5.26. The van der Waals surface area contributed by atoms with E-state index in [0.29, 0.717) is 24.4 Å². The van der Waals surface area contributed by atoms with Crippen LogP contribution in [0.5, 0.6) is 0 Å². The molecular weight excluding hydrogens is 320 g/mol. The van der Waals surface area contributed by atoms with E-state index in [1.54, 1.807) is 16.7 Å². The van der Waals surface area contributed by atoms with Crippen molar-refractivity contribution in [2.24, 2.45) is 34.0 Å². The molecule has 0 saturated heterocycles. The molecule has 0 aromatic carbocycles. The van der Waals surface area contributed by atoms with Crippen molar-refractivity contribution in [2.45, 2.75) is 85.7 Å². The van der Waals surface area contributed by atoms with E-state index in [1.165, 1.54) is 25.7 Å². The first-order valence-corrected chi connectivity index (χ1v) is 10.9. The summed E-state index contributed by atoms with van der Waals surface area (Å²) < 4.78 is 0. The maximum Gasteiger partial charge on any atom is 0.0594 e. The van der Waals surface area contributed by atoms with Crippen molar-refractivity contribution in [2.75, 3.05) is 6.61 Å². The molecule has 2 N–H and O–H groups in total. The van der Waals surface area contributed by atoms with Crippen molar-refractivity contribution >= 4 is 0 Å². The fraction of sp³-hybridized carbons (Fsp3) is 0.833. The van der Waals surface area contributed by atoms with E-state index in [-0.39, 0.29) is 22.3 Å². The molecule has 4 aliphatic carbocycles. The van der Waals surface area contributed by atoms with Crippen LogP contribution in [-0.4, -0.2) is 22.9 Å². The number of allylic oxidation sites excluding steroid dienone is 4. The summed E-state index contributed by atoms with van der Waals surface area (Å²) in [6.45, 7) is 12.1. The fourth-order valence-corrected chi connectivity index (χ4v) is 7.70. The van der Waals surface area contributed by atoms with Crippen LogP contribution in [0.25, 0.3) is 0 Å². The first-order chi connectivity index (χ1) is 12.2. The Balaban J connectivity index is 1.74. The minimum Gasteiger partial charge on any atom is -0.396 e. The lowest BCUT2D eigenvalue weighted by Crippen LogP contribution is -2.53. The highest BCUT2D eigenvalue weighted by atomic mass is 16.3. The first kappa shape index (κ1) is 18.7. The highest BCUT2D eigenvalue weighted by Gasteiger charge is 2.57. The third kappa shape index (κ3) is 2.30. The summed E-state index contributed by atoms with van der Waals surface area (Å²) in [6.07, 6.45) is 10.4. The molecule has 0 aromatic heterocycles. The number of fused-ring (bicyclic) bond motifs is 4. The van der Waals surface area contributed by atoms with Crippen LogP contribution in [0, 0.1) is 34.0 Å². The van der Waals surface area contributed by atoms with Gasteiger partial charge in [0, 0.05) is 6.61 Å². The van der Waals surface area contributed by atoms with Gasteiger partial charge in [-0.15, -0.1) is 0 Å². The van der Waals surface area contributed by atoms with Crippen molar-refractivity contribution < 1.29 is 10.2 Å². The van der Waals surface area contributed by atoms with Gasteiger partial charge in [0.1, 0.15) is 0 Å². The van der Waals surface area contributed by atoms with Crippen LogP contribution in [0.15, 0.2) is 22.8 Å².